The van der Waals surface area contributed by atoms with Crippen LogP contribution in [0.25, 0.3) is 0 Å². The predicted octanol–water partition coefficient (Wildman–Crippen LogP) is 2.36. The molecule has 2 fully saturated rings. The van der Waals surface area contributed by atoms with E-state index in [9.17, 15) is 4.79 Å². The standard InChI is InChI=1S/C14H26N2O/c1-11(14(17)16-13-9-10-13)15-12-7-5-3-2-4-6-8-12/h11-13,15H,2-10H2,1H3,(H,16,17). The smallest absolute Gasteiger partial charge is 0.237 e. The topological polar surface area (TPSA) is 41.1 Å². The van der Waals surface area contributed by atoms with Crippen molar-refractivity contribution in [2.45, 2.75) is 82.8 Å². The maximum absolute atomic E-state index is 11.8. The van der Waals surface area contributed by atoms with Gasteiger partial charge in [0.2, 0.25) is 5.91 Å². The van der Waals surface area contributed by atoms with Gasteiger partial charge in [0.25, 0.3) is 0 Å². The van der Waals surface area contributed by atoms with Gasteiger partial charge in [0, 0.05) is 12.1 Å². The summed E-state index contributed by atoms with van der Waals surface area (Å²) in [6, 6.07) is 0.999. The molecule has 2 rings (SSSR count). The molecule has 0 saturated heterocycles. The van der Waals surface area contributed by atoms with Crippen molar-refractivity contribution in [2.75, 3.05) is 0 Å². The van der Waals surface area contributed by atoms with E-state index in [2.05, 4.69) is 10.6 Å². The van der Waals surface area contributed by atoms with Crippen LogP contribution >= 0.6 is 0 Å². The van der Waals surface area contributed by atoms with E-state index < -0.39 is 0 Å². The second-order valence-electron chi connectivity index (χ2n) is 5.71. The molecule has 2 saturated carbocycles. The van der Waals surface area contributed by atoms with Gasteiger partial charge in [-0.15, -0.1) is 0 Å². The Morgan fingerprint density at radius 1 is 0.941 bits per heavy atom. The number of nitrogens with one attached hydrogen (secondary N) is 2. The first-order valence-electron chi connectivity index (χ1n) is 7.32. The molecule has 0 radical (unpaired) electrons. The molecule has 17 heavy (non-hydrogen) atoms. The van der Waals surface area contributed by atoms with Crippen molar-refractivity contribution in [1.82, 2.24) is 10.6 Å². The number of amides is 1. The van der Waals surface area contributed by atoms with Crippen LogP contribution in [0, 0.1) is 0 Å². The number of hydrogen-bond donors (Lipinski definition) is 2. The highest BCUT2D eigenvalue weighted by atomic mass is 16.2. The van der Waals surface area contributed by atoms with Crippen LogP contribution in [-0.4, -0.2) is 24.0 Å². The second-order valence-corrected chi connectivity index (χ2v) is 5.71. The molecule has 1 amide bonds. The van der Waals surface area contributed by atoms with Gasteiger partial charge in [0.1, 0.15) is 0 Å². The van der Waals surface area contributed by atoms with Gasteiger partial charge in [-0.1, -0.05) is 32.1 Å². The summed E-state index contributed by atoms with van der Waals surface area (Å²) in [5.74, 6) is 0.189. The van der Waals surface area contributed by atoms with Gasteiger partial charge in [0.15, 0.2) is 0 Å². The molecular weight excluding hydrogens is 212 g/mol. The third kappa shape index (κ3) is 4.66. The third-order valence-electron chi connectivity index (χ3n) is 3.91. The minimum Gasteiger partial charge on any atom is -0.352 e. The van der Waals surface area contributed by atoms with Crippen LogP contribution in [0.4, 0.5) is 0 Å². The van der Waals surface area contributed by atoms with Crippen LogP contribution in [0.3, 0.4) is 0 Å². The molecule has 0 heterocycles. The molecule has 0 bridgehead atoms. The highest BCUT2D eigenvalue weighted by molar-refractivity contribution is 5.81. The van der Waals surface area contributed by atoms with Crippen LogP contribution in [-0.2, 0) is 4.79 Å². The number of carbonyl (C=O) groups is 1. The molecule has 3 heteroatoms. The van der Waals surface area contributed by atoms with Crippen molar-refractivity contribution >= 4 is 5.91 Å². The lowest BCUT2D eigenvalue weighted by Crippen LogP contribution is -2.47. The normalized spacial score (nSPS) is 24.8. The Morgan fingerprint density at radius 2 is 1.53 bits per heavy atom. The van der Waals surface area contributed by atoms with Crippen molar-refractivity contribution in [3.63, 3.8) is 0 Å². The van der Waals surface area contributed by atoms with E-state index in [0.717, 1.165) is 0 Å². The van der Waals surface area contributed by atoms with Crippen LogP contribution in [0.1, 0.15) is 64.7 Å². The summed E-state index contributed by atoms with van der Waals surface area (Å²) in [4.78, 5) is 11.8. The van der Waals surface area contributed by atoms with Crippen molar-refractivity contribution in [2.24, 2.45) is 0 Å². The zero-order valence-electron chi connectivity index (χ0n) is 11.0. The molecule has 1 unspecified atom stereocenters. The quantitative estimate of drug-likeness (QED) is 0.789. The molecule has 2 aliphatic carbocycles. The van der Waals surface area contributed by atoms with E-state index in [1.54, 1.807) is 0 Å². The van der Waals surface area contributed by atoms with Gasteiger partial charge in [0.05, 0.1) is 6.04 Å². The van der Waals surface area contributed by atoms with Crippen molar-refractivity contribution in [3.05, 3.63) is 0 Å². The number of carbonyl (C=O) groups excluding carboxylic acids is 1. The molecule has 0 aromatic rings. The van der Waals surface area contributed by atoms with Crippen molar-refractivity contribution in [1.29, 1.82) is 0 Å². The fourth-order valence-corrected chi connectivity index (χ4v) is 2.61. The van der Waals surface area contributed by atoms with Crippen LogP contribution in [0.15, 0.2) is 0 Å². The highest BCUT2D eigenvalue weighted by Crippen LogP contribution is 2.19. The third-order valence-corrected chi connectivity index (χ3v) is 3.91. The lowest BCUT2D eigenvalue weighted by atomic mass is 9.96. The first-order chi connectivity index (χ1) is 8.25. The first kappa shape index (κ1) is 12.9. The van der Waals surface area contributed by atoms with Gasteiger partial charge in [-0.05, 0) is 32.6 Å². The summed E-state index contributed by atoms with van der Waals surface area (Å²) in [5.41, 5.74) is 0. The molecule has 0 aromatic carbocycles. The Morgan fingerprint density at radius 3 is 2.12 bits per heavy atom. The van der Waals surface area contributed by atoms with Gasteiger partial charge in [-0.2, -0.15) is 0 Å². The summed E-state index contributed by atoms with van der Waals surface area (Å²) in [6.45, 7) is 2.00. The van der Waals surface area contributed by atoms with Gasteiger partial charge in [-0.3, -0.25) is 4.79 Å². The molecule has 2 N–H and O–H groups in total. The fourth-order valence-electron chi connectivity index (χ4n) is 2.61. The summed E-state index contributed by atoms with van der Waals surface area (Å²) >= 11 is 0. The van der Waals surface area contributed by atoms with Gasteiger partial charge in [-0.25, -0.2) is 0 Å². The van der Waals surface area contributed by atoms with Crippen molar-refractivity contribution < 1.29 is 4.79 Å². The molecule has 0 aliphatic heterocycles. The van der Waals surface area contributed by atoms with Crippen LogP contribution < -0.4 is 10.6 Å². The number of rotatable bonds is 4. The van der Waals surface area contributed by atoms with Gasteiger partial charge < -0.3 is 10.6 Å². The van der Waals surface area contributed by atoms with E-state index >= 15 is 0 Å². The van der Waals surface area contributed by atoms with Crippen molar-refractivity contribution in [3.8, 4) is 0 Å². The molecule has 98 valence electrons. The zero-order valence-corrected chi connectivity index (χ0v) is 11.0. The SMILES string of the molecule is CC(NC1CCCCCCC1)C(=O)NC1CC1. The van der Waals surface area contributed by atoms with Gasteiger partial charge >= 0.3 is 0 Å². The summed E-state index contributed by atoms with van der Waals surface area (Å²) < 4.78 is 0. The number of hydrogen-bond acceptors (Lipinski definition) is 2. The molecule has 1 atom stereocenters. The van der Waals surface area contributed by atoms with Crippen LogP contribution in [0.5, 0.6) is 0 Å². The minimum atomic E-state index is -0.0278. The average Bonchev–Trinajstić information content (AvgIpc) is 3.05. The Kier molecular flexibility index (Phi) is 4.84. The maximum Gasteiger partial charge on any atom is 0.237 e. The molecule has 3 nitrogen and oxygen atoms in total. The maximum atomic E-state index is 11.8. The lowest BCUT2D eigenvalue weighted by Gasteiger charge is -2.24. The van der Waals surface area contributed by atoms with E-state index in [-0.39, 0.29) is 11.9 Å². The molecule has 0 aromatic heterocycles. The molecule has 0 spiro atoms. The minimum absolute atomic E-state index is 0.0278. The van der Waals surface area contributed by atoms with E-state index in [1.807, 2.05) is 6.92 Å². The lowest BCUT2D eigenvalue weighted by molar-refractivity contribution is -0.123. The largest absolute Gasteiger partial charge is 0.352 e. The fraction of sp³-hybridized carbons (Fsp3) is 0.929. The highest BCUT2D eigenvalue weighted by Gasteiger charge is 2.26. The zero-order chi connectivity index (χ0) is 12.1. The second kappa shape index (κ2) is 6.39. The van der Waals surface area contributed by atoms with E-state index in [4.69, 9.17) is 0 Å². The van der Waals surface area contributed by atoms with E-state index in [1.165, 1.54) is 57.8 Å². The molecule has 2 aliphatic rings. The predicted molar refractivity (Wildman–Crippen MR) is 69.9 cm³/mol. The first-order valence-corrected chi connectivity index (χ1v) is 7.32. The Labute approximate surface area is 105 Å². The Hall–Kier alpha value is -0.570. The summed E-state index contributed by atoms with van der Waals surface area (Å²) in [7, 11) is 0. The average molecular weight is 238 g/mol. The molecular formula is C14H26N2O. The van der Waals surface area contributed by atoms with Crippen LogP contribution in [0.2, 0.25) is 0 Å². The Balaban J connectivity index is 1.70. The monoisotopic (exact) mass is 238 g/mol. The van der Waals surface area contributed by atoms with E-state index in [0.29, 0.717) is 12.1 Å². The summed E-state index contributed by atoms with van der Waals surface area (Å²) in [6.07, 6.45) is 11.6. The Bertz CT molecular complexity index is 243. The summed E-state index contributed by atoms with van der Waals surface area (Å²) in [5, 5.41) is 6.58.